The van der Waals surface area contributed by atoms with Crippen LogP contribution in [0.25, 0.3) is 5.69 Å². The number of hydrogen-bond donors (Lipinski definition) is 2. The Hall–Kier alpha value is -2.42. The molecule has 0 bridgehead atoms. The number of halogens is 1. The van der Waals surface area contributed by atoms with Gasteiger partial charge in [-0.15, -0.1) is 24.0 Å². The molecule has 3 rings (SSSR count). The molecule has 0 radical (unpaired) electrons. The summed E-state index contributed by atoms with van der Waals surface area (Å²) < 4.78 is 1.98. The first-order chi connectivity index (χ1) is 13.6. The first-order valence-corrected chi connectivity index (χ1v) is 9.63. The van der Waals surface area contributed by atoms with Crippen LogP contribution in [0, 0.1) is 20.8 Å². The second kappa shape index (κ2) is 10.9. The van der Waals surface area contributed by atoms with Crippen molar-refractivity contribution >= 4 is 29.9 Å². The Bertz CT molecular complexity index is 963. The lowest BCUT2D eigenvalue weighted by Crippen LogP contribution is -2.37. The van der Waals surface area contributed by atoms with E-state index >= 15 is 0 Å². The fourth-order valence-electron chi connectivity index (χ4n) is 3.10. The number of hydrogen-bond acceptors (Lipinski definition) is 3. The third-order valence-electron chi connectivity index (χ3n) is 4.36. The second-order valence-corrected chi connectivity index (χ2v) is 6.79. The summed E-state index contributed by atoms with van der Waals surface area (Å²) >= 11 is 0. The van der Waals surface area contributed by atoms with Gasteiger partial charge < -0.3 is 10.6 Å². The summed E-state index contributed by atoms with van der Waals surface area (Å²) in [5, 5.41) is 11.3. The highest BCUT2D eigenvalue weighted by Gasteiger charge is 2.09. The molecule has 2 N–H and O–H groups in total. The number of nitrogens with zero attached hydrogens (tertiary/aromatic N) is 4. The van der Waals surface area contributed by atoms with Crippen LogP contribution >= 0.6 is 24.0 Å². The average Bonchev–Trinajstić information content (AvgIpc) is 3.02. The van der Waals surface area contributed by atoms with Gasteiger partial charge in [0, 0.05) is 17.9 Å². The minimum absolute atomic E-state index is 0. The van der Waals surface area contributed by atoms with Crippen LogP contribution in [0.15, 0.2) is 53.5 Å². The van der Waals surface area contributed by atoms with Gasteiger partial charge in [-0.2, -0.15) is 5.10 Å². The topological polar surface area (TPSA) is 67.1 Å². The van der Waals surface area contributed by atoms with Gasteiger partial charge in [0.25, 0.3) is 0 Å². The summed E-state index contributed by atoms with van der Waals surface area (Å²) in [6.07, 6.45) is 0. The van der Waals surface area contributed by atoms with Gasteiger partial charge in [-0.1, -0.05) is 24.3 Å². The zero-order chi connectivity index (χ0) is 19.9. The van der Waals surface area contributed by atoms with Crippen molar-refractivity contribution in [1.82, 2.24) is 25.4 Å². The van der Waals surface area contributed by atoms with Crippen molar-refractivity contribution in [3.05, 3.63) is 76.9 Å². The third-order valence-corrected chi connectivity index (χ3v) is 4.36. The van der Waals surface area contributed by atoms with Gasteiger partial charge in [0.2, 0.25) is 0 Å². The molecule has 0 unspecified atom stereocenters. The van der Waals surface area contributed by atoms with E-state index in [-0.39, 0.29) is 24.0 Å². The highest BCUT2D eigenvalue weighted by atomic mass is 127. The zero-order valence-electron chi connectivity index (χ0n) is 17.4. The van der Waals surface area contributed by atoms with Gasteiger partial charge in [0.1, 0.15) is 0 Å². The lowest BCUT2D eigenvalue weighted by atomic mass is 10.2. The van der Waals surface area contributed by atoms with E-state index in [2.05, 4.69) is 52.8 Å². The number of nitrogens with one attached hydrogen (secondary N) is 2. The van der Waals surface area contributed by atoms with Crippen molar-refractivity contribution in [3.8, 4) is 5.69 Å². The molecule has 154 valence electrons. The predicted octanol–water partition coefficient (Wildman–Crippen LogP) is 4.07. The number of aryl methyl sites for hydroxylation is 3. The molecule has 0 saturated heterocycles. The molecule has 29 heavy (non-hydrogen) atoms. The number of benzene rings is 1. The molecule has 0 aliphatic heterocycles. The summed E-state index contributed by atoms with van der Waals surface area (Å²) in [7, 11) is 0. The van der Waals surface area contributed by atoms with Crippen molar-refractivity contribution in [1.29, 1.82) is 0 Å². The molecule has 2 heterocycles. The van der Waals surface area contributed by atoms with E-state index in [1.54, 1.807) is 0 Å². The fraction of sp³-hybridized carbons (Fsp3) is 0.318. The highest BCUT2D eigenvalue weighted by molar-refractivity contribution is 14.0. The minimum Gasteiger partial charge on any atom is -0.357 e. The normalized spacial score (nSPS) is 11.1. The van der Waals surface area contributed by atoms with Crippen molar-refractivity contribution < 1.29 is 0 Å². The second-order valence-electron chi connectivity index (χ2n) is 6.79. The molecule has 7 heteroatoms. The molecular weight excluding hydrogens is 475 g/mol. The van der Waals surface area contributed by atoms with E-state index < -0.39 is 0 Å². The monoisotopic (exact) mass is 504 g/mol. The molecule has 0 atom stereocenters. The van der Waals surface area contributed by atoms with Crippen LogP contribution in [0.2, 0.25) is 0 Å². The van der Waals surface area contributed by atoms with Crippen LogP contribution in [0.5, 0.6) is 0 Å². The molecule has 3 aromatic rings. The summed E-state index contributed by atoms with van der Waals surface area (Å²) in [4.78, 5) is 9.30. The van der Waals surface area contributed by atoms with E-state index in [4.69, 9.17) is 4.99 Å². The Morgan fingerprint density at radius 3 is 2.48 bits per heavy atom. The largest absolute Gasteiger partial charge is 0.357 e. The minimum atomic E-state index is 0. The fourth-order valence-corrected chi connectivity index (χ4v) is 3.10. The van der Waals surface area contributed by atoms with Crippen LogP contribution < -0.4 is 10.6 Å². The van der Waals surface area contributed by atoms with Crippen LogP contribution in [0.3, 0.4) is 0 Å². The Morgan fingerprint density at radius 1 is 1.00 bits per heavy atom. The SMILES string of the molecule is CCNC(=NCc1ccccc1-n1nc(C)cc1C)NCc1cccc(C)n1.I. The molecule has 2 aromatic heterocycles. The van der Waals surface area contributed by atoms with Gasteiger partial charge >= 0.3 is 0 Å². The van der Waals surface area contributed by atoms with Crippen molar-refractivity contribution in [3.63, 3.8) is 0 Å². The number of rotatable bonds is 6. The van der Waals surface area contributed by atoms with Crippen molar-refractivity contribution in [2.45, 2.75) is 40.8 Å². The van der Waals surface area contributed by atoms with Crippen LogP contribution in [-0.4, -0.2) is 27.3 Å². The van der Waals surface area contributed by atoms with Gasteiger partial charge in [-0.25, -0.2) is 9.67 Å². The standard InChI is InChI=1S/C22H28N6.HI/c1-5-23-22(25-15-20-11-8-9-16(2)26-20)24-14-19-10-6-7-12-21(19)28-18(4)13-17(3)27-28;/h6-13H,5,14-15H2,1-4H3,(H2,23,24,25);1H. The first-order valence-electron chi connectivity index (χ1n) is 9.63. The van der Waals surface area contributed by atoms with E-state index in [1.165, 1.54) is 0 Å². The van der Waals surface area contributed by atoms with Gasteiger partial charge in [-0.05, 0) is 57.5 Å². The Labute approximate surface area is 189 Å². The van der Waals surface area contributed by atoms with E-state index in [9.17, 15) is 0 Å². The maximum atomic E-state index is 4.77. The lowest BCUT2D eigenvalue weighted by Gasteiger charge is -2.13. The zero-order valence-corrected chi connectivity index (χ0v) is 19.8. The molecule has 0 amide bonds. The maximum Gasteiger partial charge on any atom is 0.191 e. The molecule has 6 nitrogen and oxygen atoms in total. The first kappa shape index (κ1) is 22.9. The highest BCUT2D eigenvalue weighted by Crippen LogP contribution is 2.17. The summed E-state index contributed by atoms with van der Waals surface area (Å²) in [6, 6.07) is 16.4. The molecule has 0 spiro atoms. The lowest BCUT2D eigenvalue weighted by molar-refractivity contribution is 0.789. The van der Waals surface area contributed by atoms with E-state index in [1.807, 2.05) is 48.9 Å². The molecule has 0 aliphatic carbocycles. The van der Waals surface area contributed by atoms with Crippen LogP contribution in [0.4, 0.5) is 0 Å². The van der Waals surface area contributed by atoms with Gasteiger partial charge in [0.15, 0.2) is 5.96 Å². The van der Waals surface area contributed by atoms with Gasteiger partial charge in [0.05, 0.1) is 30.2 Å². The molecule has 0 aliphatic rings. The van der Waals surface area contributed by atoms with E-state index in [0.29, 0.717) is 13.1 Å². The van der Waals surface area contributed by atoms with E-state index in [0.717, 1.165) is 46.5 Å². The smallest absolute Gasteiger partial charge is 0.191 e. The summed E-state index contributed by atoms with van der Waals surface area (Å²) in [6.45, 7) is 10.1. The molecule has 1 aromatic carbocycles. The Morgan fingerprint density at radius 2 is 1.79 bits per heavy atom. The Balaban J connectivity index is 0.00000300. The number of aliphatic imine (C=N–C) groups is 1. The molecular formula is C22H29IN6. The third kappa shape index (κ3) is 6.28. The number of para-hydroxylation sites is 1. The van der Waals surface area contributed by atoms with Crippen molar-refractivity contribution in [2.75, 3.05) is 6.54 Å². The number of pyridine rings is 1. The average molecular weight is 504 g/mol. The summed E-state index contributed by atoms with van der Waals surface area (Å²) in [5.41, 5.74) is 6.32. The van der Waals surface area contributed by atoms with Gasteiger partial charge in [-0.3, -0.25) is 4.98 Å². The molecule has 0 saturated carbocycles. The maximum absolute atomic E-state index is 4.77. The number of guanidine groups is 1. The Kier molecular flexibility index (Phi) is 8.63. The number of aromatic nitrogens is 3. The molecule has 0 fully saturated rings. The quantitative estimate of drug-likeness (QED) is 0.302. The predicted molar refractivity (Wildman–Crippen MR) is 129 cm³/mol. The van der Waals surface area contributed by atoms with Crippen LogP contribution in [-0.2, 0) is 13.1 Å². The van der Waals surface area contributed by atoms with Crippen LogP contribution in [0.1, 0.15) is 35.3 Å². The van der Waals surface area contributed by atoms with Crippen molar-refractivity contribution in [2.24, 2.45) is 4.99 Å². The summed E-state index contributed by atoms with van der Waals surface area (Å²) in [5.74, 6) is 0.772.